The highest BCUT2D eigenvalue weighted by molar-refractivity contribution is 9.11. The van der Waals surface area contributed by atoms with Gasteiger partial charge in [-0.15, -0.1) is 11.3 Å². The molecule has 106 valence electrons. The van der Waals surface area contributed by atoms with Crippen LogP contribution in [0.1, 0.15) is 52.8 Å². The standard InChI is InChI=1S/C16H19BrN2S/c1-10-8-14(20-16(10)17)15(19-18)13-7-3-6-12(9-13)11-4-2-5-11/h3,6-9,11,15,19H,2,4-5,18H2,1H3. The van der Waals surface area contributed by atoms with E-state index in [0.717, 1.165) is 5.92 Å². The Labute approximate surface area is 132 Å². The van der Waals surface area contributed by atoms with Gasteiger partial charge in [-0.25, -0.2) is 5.43 Å². The minimum Gasteiger partial charge on any atom is -0.271 e. The van der Waals surface area contributed by atoms with Crippen molar-refractivity contribution in [1.82, 2.24) is 5.43 Å². The highest BCUT2D eigenvalue weighted by Crippen LogP contribution is 2.38. The lowest BCUT2D eigenvalue weighted by molar-refractivity contribution is 0.419. The predicted octanol–water partition coefficient (Wildman–Crippen LogP) is 4.64. The molecule has 0 bridgehead atoms. The number of thiophene rings is 1. The van der Waals surface area contributed by atoms with Crippen LogP contribution < -0.4 is 11.3 Å². The summed E-state index contributed by atoms with van der Waals surface area (Å²) in [4.78, 5) is 1.25. The van der Waals surface area contributed by atoms with Crippen LogP contribution in [0.3, 0.4) is 0 Å². The van der Waals surface area contributed by atoms with E-state index in [0.29, 0.717) is 0 Å². The number of nitrogens with one attached hydrogen (secondary N) is 1. The minimum atomic E-state index is 0.0741. The molecule has 3 rings (SSSR count). The van der Waals surface area contributed by atoms with Crippen LogP contribution in [-0.4, -0.2) is 0 Å². The second-order valence-electron chi connectivity index (χ2n) is 5.50. The summed E-state index contributed by atoms with van der Waals surface area (Å²) >= 11 is 5.34. The van der Waals surface area contributed by atoms with Crippen LogP contribution in [0.5, 0.6) is 0 Å². The van der Waals surface area contributed by atoms with Crippen LogP contribution in [0.2, 0.25) is 0 Å². The summed E-state index contributed by atoms with van der Waals surface area (Å²) in [6.07, 6.45) is 4.02. The second-order valence-corrected chi connectivity index (χ2v) is 7.90. The van der Waals surface area contributed by atoms with Crippen molar-refractivity contribution >= 4 is 27.3 Å². The van der Waals surface area contributed by atoms with Crippen molar-refractivity contribution in [3.05, 3.63) is 55.7 Å². The number of aryl methyl sites for hydroxylation is 1. The molecule has 1 aromatic heterocycles. The largest absolute Gasteiger partial charge is 0.271 e. The maximum Gasteiger partial charge on any atom is 0.0803 e. The Morgan fingerprint density at radius 2 is 2.15 bits per heavy atom. The van der Waals surface area contributed by atoms with Gasteiger partial charge in [-0.1, -0.05) is 30.7 Å². The number of hydrogen-bond acceptors (Lipinski definition) is 3. The fourth-order valence-electron chi connectivity index (χ4n) is 2.70. The fourth-order valence-corrected chi connectivity index (χ4v) is 4.36. The highest BCUT2D eigenvalue weighted by atomic mass is 79.9. The zero-order chi connectivity index (χ0) is 14.1. The van der Waals surface area contributed by atoms with E-state index in [-0.39, 0.29) is 6.04 Å². The van der Waals surface area contributed by atoms with Gasteiger partial charge in [0, 0.05) is 4.88 Å². The van der Waals surface area contributed by atoms with E-state index in [1.165, 1.54) is 44.6 Å². The lowest BCUT2D eigenvalue weighted by atomic mass is 9.79. The monoisotopic (exact) mass is 350 g/mol. The van der Waals surface area contributed by atoms with Crippen molar-refractivity contribution in [1.29, 1.82) is 0 Å². The summed E-state index contributed by atoms with van der Waals surface area (Å²) in [6.45, 7) is 2.11. The third-order valence-corrected chi connectivity index (χ3v) is 6.35. The van der Waals surface area contributed by atoms with Crippen LogP contribution in [0.25, 0.3) is 0 Å². The molecule has 1 aliphatic carbocycles. The Kier molecular flexibility index (Phi) is 4.26. The lowest BCUT2D eigenvalue weighted by Gasteiger charge is -2.27. The summed E-state index contributed by atoms with van der Waals surface area (Å²) in [7, 11) is 0. The number of benzene rings is 1. The van der Waals surface area contributed by atoms with Gasteiger partial charge in [0.05, 0.1) is 9.83 Å². The quantitative estimate of drug-likeness (QED) is 0.622. The average molecular weight is 351 g/mol. The molecule has 1 heterocycles. The van der Waals surface area contributed by atoms with E-state index in [9.17, 15) is 0 Å². The van der Waals surface area contributed by atoms with Gasteiger partial charge in [0.2, 0.25) is 0 Å². The Balaban J connectivity index is 1.92. The molecule has 1 fully saturated rings. The fraction of sp³-hybridized carbons (Fsp3) is 0.375. The van der Waals surface area contributed by atoms with Gasteiger partial charge in [-0.05, 0) is 64.4 Å². The number of nitrogens with two attached hydrogens (primary N) is 1. The van der Waals surface area contributed by atoms with Crippen molar-refractivity contribution in [2.24, 2.45) is 5.84 Å². The topological polar surface area (TPSA) is 38.0 Å². The van der Waals surface area contributed by atoms with E-state index in [1.54, 1.807) is 11.3 Å². The van der Waals surface area contributed by atoms with E-state index in [4.69, 9.17) is 5.84 Å². The van der Waals surface area contributed by atoms with Crippen molar-refractivity contribution in [3.8, 4) is 0 Å². The van der Waals surface area contributed by atoms with Crippen molar-refractivity contribution in [2.75, 3.05) is 0 Å². The molecule has 0 radical (unpaired) electrons. The molecule has 4 heteroatoms. The zero-order valence-electron chi connectivity index (χ0n) is 11.5. The molecule has 2 nitrogen and oxygen atoms in total. The number of rotatable bonds is 4. The van der Waals surface area contributed by atoms with Crippen LogP contribution in [0.4, 0.5) is 0 Å². The highest BCUT2D eigenvalue weighted by Gasteiger charge is 2.21. The molecular formula is C16H19BrN2S. The molecule has 3 N–H and O–H groups in total. The van der Waals surface area contributed by atoms with Crippen LogP contribution in [-0.2, 0) is 0 Å². The zero-order valence-corrected chi connectivity index (χ0v) is 13.9. The summed E-state index contributed by atoms with van der Waals surface area (Å²) < 4.78 is 1.18. The predicted molar refractivity (Wildman–Crippen MR) is 89.0 cm³/mol. The first-order chi connectivity index (χ1) is 9.69. The van der Waals surface area contributed by atoms with Gasteiger partial charge in [-0.2, -0.15) is 0 Å². The first-order valence-corrected chi connectivity index (χ1v) is 8.62. The van der Waals surface area contributed by atoms with Gasteiger partial charge >= 0.3 is 0 Å². The molecule has 1 atom stereocenters. The molecule has 1 aromatic carbocycles. The lowest BCUT2D eigenvalue weighted by Crippen LogP contribution is -2.28. The summed E-state index contributed by atoms with van der Waals surface area (Å²) in [6, 6.07) is 11.2. The van der Waals surface area contributed by atoms with Gasteiger partial charge < -0.3 is 0 Å². The first kappa shape index (κ1) is 14.3. The summed E-state index contributed by atoms with van der Waals surface area (Å²) in [5, 5.41) is 0. The Morgan fingerprint density at radius 3 is 2.70 bits per heavy atom. The van der Waals surface area contributed by atoms with Crippen molar-refractivity contribution < 1.29 is 0 Å². The van der Waals surface area contributed by atoms with Gasteiger partial charge in [0.15, 0.2) is 0 Å². The van der Waals surface area contributed by atoms with Gasteiger partial charge in [-0.3, -0.25) is 5.84 Å². The molecule has 1 unspecified atom stereocenters. The first-order valence-electron chi connectivity index (χ1n) is 7.01. The normalized spacial score (nSPS) is 16.9. The second kappa shape index (κ2) is 5.98. The molecular weight excluding hydrogens is 332 g/mol. The third-order valence-electron chi connectivity index (χ3n) is 4.15. The van der Waals surface area contributed by atoms with E-state index in [1.807, 2.05) is 0 Å². The maximum absolute atomic E-state index is 5.81. The molecule has 1 aliphatic rings. The number of hydrogen-bond donors (Lipinski definition) is 2. The van der Waals surface area contributed by atoms with Crippen molar-refractivity contribution in [3.63, 3.8) is 0 Å². The van der Waals surface area contributed by atoms with Crippen molar-refractivity contribution in [2.45, 2.75) is 38.1 Å². The van der Waals surface area contributed by atoms with E-state index >= 15 is 0 Å². The van der Waals surface area contributed by atoms with E-state index in [2.05, 4.69) is 58.6 Å². The smallest absolute Gasteiger partial charge is 0.0803 e. The summed E-state index contributed by atoms with van der Waals surface area (Å²) in [5.74, 6) is 6.56. The van der Waals surface area contributed by atoms with E-state index < -0.39 is 0 Å². The van der Waals surface area contributed by atoms with Gasteiger partial charge in [0.25, 0.3) is 0 Å². The van der Waals surface area contributed by atoms with Crippen LogP contribution in [0, 0.1) is 6.92 Å². The summed E-state index contributed by atoms with van der Waals surface area (Å²) in [5.41, 5.74) is 6.95. The molecule has 0 spiro atoms. The third kappa shape index (κ3) is 2.70. The Hall–Kier alpha value is -0.680. The average Bonchev–Trinajstić information content (AvgIpc) is 2.69. The van der Waals surface area contributed by atoms with Crippen LogP contribution in [0.15, 0.2) is 34.1 Å². The molecule has 1 saturated carbocycles. The molecule has 2 aromatic rings. The van der Waals surface area contributed by atoms with Gasteiger partial charge in [0.1, 0.15) is 0 Å². The molecule has 20 heavy (non-hydrogen) atoms. The Bertz CT molecular complexity index is 585. The molecule has 0 aliphatic heterocycles. The Morgan fingerprint density at radius 1 is 1.35 bits per heavy atom. The number of hydrazine groups is 1. The number of halogens is 1. The molecule has 0 amide bonds. The van der Waals surface area contributed by atoms with Crippen LogP contribution >= 0.6 is 27.3 Å². The molecule has 0 saturated heterocycles. The SMILES string of the molecule is Cc1cc(C(NN)c2cccc(C3CCC3)c2)sc1Br. The maximum atomic E-state index is 5.81. The minimum absolute atomic E-state index is 0.0741.